The van der Waals surface area contributed by atoms with Gasteiger partial charge in [-0.15, -0.1) is 0 Å². The molecule has 2 aliphatic rings. The lowest BCUT2D eigenvalue weighted by Crippen LogP contribution is -2.55. The van der Waals surface area contributed by atoms with Crippen LogP contribution in [-0.4, -0.2) is 72.9 Å². The van der Waals surface area contributed by atoms with Gasteiger partial charge < -0.3 is 19.2 Å². The van der Waals surface area contributed by atoms with Crippen LogP contribution < -0.4 is 0 Å². The van der Waals surface area contributed by atoms with E-state index in [1.807, 2.05) is 29.2 Å². The monoisotopic (exact) mass is 372 g/mol. The fourth-order valence-corrected chi connectivity index (χ4v) is 4.51. The van der Waals surface area contributed by atoms with Crippen molar-refractivity contribution in [1.82, 2.24) is 9.80 Å². The molecule has 0 unspecified atom stereocenters. The molecule has 0 aliphatic carbocycles. The van der Waals surface area contributed by atoms with Gasteiger partial charge in [-0.3, -0.25) is 9.69 Å². The molecule has 0 bridgehead atoms. The van der Waals surface area contributed by atoms with Crippen LogP contribution in [0.5, 0.6) is 0 Å². The average Bonchev–Trinajstić information content (AvgIpc) is 3.20. The third-order valence-electron chi connectivity index (χ3n) is 5.93. The minimum absolute atomic E-state index is 0.0903. The molecule has 2 saturated heterocycles. The number of benzene rings is 1. The molecule has 6 nitrogen and oxygen atoms in total. The van der Waals surface area contributed by atoms with Gasteiger partial charge in [0.15, 0.2) is 0 Å². The van der Waals surface area contributed by atoms with Gasteiger partial charge in [-0.2, -0.15) is 0 Å². The van der Waals surface area contributed by atoms with Crippen LogP contribution in [0.1, 0.15) is 29.6 Å². The number of likely N-dealkylation sites (tertiary alicyclic amines) is 1. The second-order valence-corrected chi connectivity index (χ2v) is 7.55. The highest BCUT2D eigenvalue weighted by Crippen LogP contribution is 2.28. The summed E-state index contributed by atoms with van der Waals surface area (Å²) in [5.74, 6) is 0.484. The predicted molar refractivity (Wildman–Crippen MR) is 103 cm³/mol. The van der Waals surface area contributed by atoms with Crippen molar-refractivity contribution < 1.29 is 19.1 Å². The number of rotatable bonds is 5. The lowest BCUT2D eigenvalue weighted by Gasteiger charge is -2.45. The number of piperidine rings is 1. The van der Waals surface area contributed by atoms with E-state index in [-0.39, 0.29) is 12.5 Å². The van der Waals surface area contributed by atoms with E-state index < -0.39 is 0 Å². The minimum Gasteiger partial charge on any atom is -0.464 e. The van der Waals surface area contributed by atoms with Crippen molar-refractivity contribution in [2.24, 2.45) is 5.92 Å². The number of nitrogens with zero attached hydrogens (tertiary/aromatic N) is 2. The van der Waals surface area contributed by atoms with E-state index in [1.165, 1.54) is 0 Å². The van der Waals surface area contributed by atoms with Gasteiger partial charge in [0.05, 0.1) is 19.5 Å². The number of carbonyl (C=O) groups excluding carboxylic acids is 1. The molecular formula is C21H28N2O4. The molecule has 2 aliphatic heterocycles. The zero-order valence-electron chi connectivity index (χ0n) is 15.7. The predicted octanol–water partition coefficient (Wildman–Crippen LogP) is 2.37. The molecule has 1 N–H and O–H groups in total. The first-order valence-electron chi connectivity index (χ1n) is 9.95. The maximum Gasteiger partial charge on any atom is 0.253 e. The molecule has 6 heteroatoms. The Kier molecular flexibility index (Phi) is 5.76. The number of hydrogen-bond donors (Lipinski definition) is 1. The third-order valence-corrected chi connectivity index (χ3v) is 5.93. The summed E-state index contributed by atoms with van der Waals surface area (Å²) >= 11 is 0. The quantitative estimate of drug-likeness (QED) is 0.873. The maximum atomic E-state index is 13.1. The number of aliphatic hydroxyl groups excluding tert-OH is 1. The van der Waals surface area contributed by atoms with Crippen molar-refractivity contribution >= 4 is 16.9 Å². The number of furan rings is 1. The molecule has 27 heavy (non-hydrogen) atoms. The minimum atomic E-state index is 0.0903. The zero-order chi connectivity index (χ0) is 18.6. The summed E-state index contributed by atoms with van der Waals surface area (Å²) in [6, 6.07) is 8.00. The molecule has 1 amide bonds. The van der Waals surface area contributed by atoms with Crippen LogP contribution in [0.15, 0.2) is 34.9 Å². The Bertz CT molecular complexity index is 768. The van der Waals surface area contributed by atoms with E-state index >= 15 is 0 Å². The topological polar surface area (TPSA) is 66.2 Å². The van der Waals surface area contributed by atoms with E-state index in [0.717, 1.165) is 75.2 Å². The Morgan fingerprint density at radius 2 is 2.04 bits per heavy atom. The smallest absolute Gasteiger partial charge is 0.253 e. The van der Waals surface area contributed by atoms with E-state index in [2.05, 4.69) is 4.90 Å². The lowest BCUT2D eigenvalue weighted by atomic mass is 9.86. The van der Waals surface area contributed by atoms with Gasteiger partial charge in [0.1, 0.15) is 5.58 Å². The fourth-order valence-electron chi connectivity index (χ4n) is 4.51. The first kappa shape index (κ1) is 18.5. The Morgan fingerprint density at radius 3 is 2.85 bits per heavy atom. The Hall–Kier alpha value is -1.89. The third kappa shape index (κ3) is 4.03. The Labute approximate surface area is 159 Å². The molecular weight excluding hydrogens is 344 g/mol. The number of morpholine rings is 1. The van der Waals surface area contributed by atoms with E-state index in [1.54, 1.807) is 6.26 Å². The van der Waals surface area contributed by atoms with Crippen molar-refractivity contribution in [2.75, 3.05) is 46.0 Å². The average molecular weight is 372 g/mol. The number of amides is 1. The van der Waals surface area contributed by atoms with E-state index in [0.29, 0.717) is 12.0 Å². The number of fused-ring (bicyclic) bond motifs is 1. The molecule has 146 valence electrons. The molecule has 1 aromatic heterocycles. The largest absolute Gasteiger partial charge is 0.464 e. The molecule has 2 atom stereocenters. The van der Waals surface area contributed by atoms with Gasteiger partial charge in [0, 0.05) is 49.8 Å². The number of hydrogen-bond acceptors (Lipinski definition) is 5. The first-order valence-corrected chi connectivity index (χ1v) is 9.95. The first-order chi connectivity index (χ1) is 13.3. The Balaban J connectivity index is 1.47. The van der Waals surface area contributed by atoms with Crippen molar-refractivity contribution in [1.29, 1.82) is 0 Å². The zero-order valence-corrected chi connectivity index (χ0v) is 15.7. The van der Waals surface area contributed by atoms with Crippen LogP contribution in [0, 0.1) is 5.92 Å². The van der Waals surface area contributed by atoms with Crippen molar-refractivity contribution in [3.63, 3.8) is 0 Å². The maximum absolute atomic E-state index is 13.1. The van der Waals surface area contributed by atoms with Gasteiger partial charge in [-0.25, -0.2) is 0 Å². The molecule has 0 saturated carbocycles. The van der Waals surface area contributed by atoms with E-state index in [9.17, 15) is 9.90 Å². The summed E-state index contributed by atoms with van der Waals surface area (Å²) in [6.07, 6.45) is 4.37. The lowest BCUT2D eigenvalue weighted by molar-refractivity contribution is -0.0196. The SMILES string of the molecule is O=C(c1ccc2occc2c1)N1CC[C@H](N2CCOCC2)[C@H](CCCO)C1. The van der Waals surface area contributed by atoms with Crippen molar-refractivity contribution in [3.05, 3.63) is 36.1 Å². The van der Waals surface area contributed by atoms with Crippen LogP contribution >= 0.6 is 0 Å². The highest BCUT2D eigenvalue weighted by molar-refractivity contribution is 5.97. The second-order valence-electron chi connectivity index (χ2n) is 7.55. The van der Waals surface area contributed by atoms with E-state index in [4.69, 9.17) is 9.15 Å². The molecule has 3 heterocycles. The normalized spacial score (nSPS) is 24.4. The highest BCUT2D eigenvalue weighted by atomic mass is 16.5. The van der Waals surface area contributed by atoms with Gasteiger partial charge in [-0.1, -0.05) is 0 Å². The van der Waals surface area contributed by atoms with Crippen molar-refractivity contribution in [3.8, 4) is 0 Å². The highest BCUT2D eigenvalue weighted by Gasteiger charge is 2.35. The van der Waals surface area contributed by atoms with Crippen LogP contribution in [0.25, 0.3) is 11.0 Å². The molecule has 1 aromatic carbocycles. The molecule has 4 rings (SSSR count). The van der Waals surface area contributed by atoms with Crippen LogP contribution in [0.4, 0.5) is 0 Å². The van der Waals surface area contributed by atoms with Crippen molar-refractivity contribution in [2.45, 2.75) is 25.3 Å². The summed E-state index contributed by atoms with van der Waals surface area (Å²) in [4.78, 5) is 17.6. The molecule has 2 fully saturated rings. The molecule has 2 aromatic rings. The van der Waals surface area contributed by atoms with Gasteiger partial charge in [-0.05, 0) is 49.4 Å². The summed E-state index contributed by atoms with van der Waals surface area (Å²) in [6.45, 7) is 5.24. The second kappa shape index (κ2) is 8.42. The number of ether oxygens (including phenoxy) is 1. The van der Waals surface area contributed by atoms with Crippen LogP contribution in [-0.2, 0) is 4.74 Å². The van der Waals surface area contributed by atoms with Gasteiger partial charge in [0.25, 0.3) is 5.91 Å². The number of aliphatic hydroxyl groups is 1. The van der Waals surface area contributed by atoms with Crippen LogP contribution in [0.3, 0.4) is 0 Å². The summed E-state index contributed by atoms with van der Waals surface area (Å²) in [5.41, 5.74) is 1.52. The van der Waals surface area contributed by atoms with Gasteiger partial charge >= 0.3 is 0 Å². The number of carbonyl (C=O) groups is 1. The molecule has 0 spiro atoms. The van der Waals surface area contributed by atoms with Crippen LogP contribution in [0.2, 0.25) is 0 Å². The summed E-state index contributed by atoms with van der Waals surface area (Å²) in [7, 11) is 0. The van der Waals surface area contributed by atoms with Gasteiger partial charge in [0.2, 0.25) is 0 Å². The Morgan fingerprint density at radius 1 is 1.19 bits per heavy atom. The summed E-state index contributed by atoms with van der Waals surface area (Å²) in [5, 5.41) is 10.3. The standard InChI is InChI=1S/C21H28N2O4/c24-10-1-2-18-15-23(7-5-19(18)22-8-12-26-13-9-22)21(25)17-3-4-20-16(14-17)6-11-27-20/h3-4,6,11,14,18-19,24H,1-2,5,7-10,12-13,15H2/t18-,19+/m1/s1. The summed E-state index contributed by atoms with van der Waals surface area (Å²) < 4.78 is 10.9. The molecule has 0 radical (unpaired) electrons. The fraction of sp³-hybridized carbons (Fsp3) is 0.571.